The molecule has 0 spiro atoms. The van der Waals surface area contributed by atoms with Gasteiger partial charge in [0.25, 0.3) is 0 Å². The van der Waals surface area contributed by atoms with Crippen molar-refractivity contribution in [2.24, 2.45) is 0 Å². The first-order valence-electron chi connectivity index (χ1n) is 19.4. The summed E-state index contributed by atoms with van der Waals surface area (Å²) in [6, 6.07) is 0. The topological polar surface area (TPSA) is 119 Å². The average Bonchev–Trinajstić information content (AvgIpc) is 3.10. The Morgan fingerprint density at radius 1 is 0.529 bits per heavy atom. The van der Waals surface area contributed by atoms with Crippen LogP contribution in [0.3, 0.4) is 0 Å². The van der Waals surface area contributed by atoms with Gasteiger partial charge in [-0.1, -0.05) is 137 Å². The number of carbonyl (C=O) groups is 2. The fourth-order valence-corrected chi connectivity index (χ4v) is 5.15. The maximum absolute atomic E-state index is 12.4. The van der Waals surface area contributed by atoms with Crippen LogP contribution in [0, 0.1) is 0 Å². The zero-order chi connectivity index (χ0) is 37.5. The Morgan fingerprint density at radius 2 is 0.961 bits per heavy atom. The van der Waals surface area contributed by atoms with Crippen molar-refractivity contribution in [3.63, 3.8) is 0 Å². The average molecular weight is 733 g/mol. The van der Waals surface area contributed by atoms with Gasteiger partial charge in [-0.25, -0.2) is 4.57 Å². The van der Waals surface area contributed by atoms with Crippen LogP contribution in [0.2, 0.25) is 0 Å². The molecule has 2 N–H and O–H groups in total. The lowest BCUT2D eigenvalue weighted by atomic mass is 10.1. The highest BCUT2D eigenvalue weighted by Crippen LogP contribution is 2.35. The molecule has 0 amide bonds. The van der Waals surface area contributed by atoms with Gasteiger partial charge in [-0.15, -0.1) is 0 Å². The lowest BCUT2D eigenvalue weighted by Crippen LogP contribution is -2.29. The fraction of sp³-hybridized carbons (Fsp3) is 0.619. The van der Waals surface area contributed by atoms with Crippen LogP contribution >= 0.6 is 7.82 Å². The maximum Gasteiger partial charge on any atom is 0.469 e. The Morgan fingerprint density at radius 3 is 1.47 bits per heavy atom. The lowest BCUT2D eigenvalue weighted by Gasteiger charge is -2.18. The standard InChI is InChI=1S/C42H69O8P/c1-3-5-7-9-11-13-15-17-19-21-23-25-27-29-31-33-35-37-42(44)50-40(39-49-51(45,46)47)38-48-41(43)36-34-32-30-28-26-24-22-20-18-16-14-12-10-8-6-4-2/h5,7,11,13-14,16-17,19-20,22-23,25,29,31,40H,3-4,6,8-10,12,15,18,21,24,26-28,30,32-39H2,1-2H3,(H2,45,46,47)/b7-5-,13-11-,16-14-,19-17-,22-20-,25-23-,31-29-. The van der Waals surface area contributed by atoms with Crippen LogP contribution in [-0.4, -0.2) is 41.0 Å². The number of unbranched alkanes of at least 4 members (excludes halogenated alkanes) is 10. The molecule has 1 atom stereocenters. The van der Waals surface area contributed by atoms with Gasteiger partial charge < -0.3 is 19.3 Å². The van der Waals surface area contributed by atoms with E-state index in [9.17, 15) is 14.2 Å². The molecule has 0 aromatic carbocycles. The van der Waals surface area contributed by atoms with Crippen molar-refractivity contribution in [3.05, 3.63) is 85.1 Å². The molecule has 1 unspecified atom stereocenters. The molecule has 0 aromatic rings. The van der Waals surface area contributed by atoms with Crippen LogP contribution in [0.5, 0.6) is 0 Å². The van der Waals surface area contributed by atoms with Crippen molar-refractivity contribution in [1.82, 2.24) is 0 Å². The second-order valence-electron chi connectivity index (χ2n) is 12.5. The molecule has 0 aliphatic heterocycles. The number of ether oxygens (including phenoxy) is 2. The van der Waals surface area contributed by atoms with Crippen molar-refractivity contribution in [2.75, 3.05) is 13.2 Å². The van der Waals surface area contributed by atoms with Gasteiger partial charge in [0.05, 0.1) is 6.61 Å². The summed E-state index contributed by atoms with van der Waals surface area (Å²) in [5.41, 5.74) is 0. The molecule has 0 aromatic heterocycles. The third-order valence-corrected chi connectivity index (χ3v) is 8.13. The van der Waals surface area contributed by atoms with Crippen LogP contribution in [0.25, 0.3) is 0 Å². The largest absolute Gasteiger partial charge is 0.469 e. The summed E-state index contributed by atoms with van der Waals surface area (Å²) in [7, 11) is -4.78. The van der Waals surface area contributed by atoms with Gasteiger partial charge in [0.1, 0.15) is 6.61 Å². The highest BCUT2D eigenvalue weighted by Gasteiger charge is 2.22. The molecule has 0 saturated carbocycles. The van der Waals surface area contributed by atoms with E-state index in [2.05, 4.69) is 91.3 Å². The molecule has 9 heteroatoms. The van der Waals surface area contributed by atoms with Crippen LogP contribution < -0.4 is 0 Å². The molecule has 0 radical (unpaired) electrons. The number of phosphoric ester groups is 1. The number of esters is 2. The number of rotatable bonds is 34. The second-order valence-corrected chi connectivity index (χ2v) is 13.8. The van der Waals surface area contributed by atoms with Crippen LogP contribution in [0.15, 0.2) is 85.1 Å². The first kappa shape index (κ1) is 48.2. The van der Waals surface area contributed by atoms with E-state index in [0.29, 0.717) is 19.3 Å². The molecule has 0 heterocycles. The van der Waals surface area contributed by atoms with E-state index in [1.165, 1.54) is 32.1 Å². The van der Waals surface area contributed by atoms with Gasteiger partial charge >= 0.3 is 19.8 Å². The Balaban J connectivity index is 4.11. The summed E-state index contributed by atoms with van der Waals surface area (Å²) >= 11 is 0. The third-order valence-electron chi connectivity index (χ3n) is 7.65. The van der Waals surface area contributed by atoms with Crippen LogP contribution in [0.1, 0.15) is 149 Å². The molecule has 0 fully saturated rings. The molecule has 290 valence electrons. The smallest absolute Gasteiger partial charge is 0.462 e. The first-order chi connectivity index (χ1) is 24.8. The minimum atomic E-state index is -4.78. The van der Waals surface area contributed by atoms with Crippen molar-refractivity contribution >= 4 is 19.8 Å². The molecule has 0 bridgehead atoms. The second kappa shape index (κ2) is 37.0. The zero-order valence-electron chi connectivity index (χ0n) is 31.7. The van der Waals surface area contributed by atoms with Gasteiger partial charge in [-0.05, 0) is 83.5 Å². The van der Waals surface area contributed by atoms with Gasteiger partial charge in [0.2, 0.25) is 0 Å². The van der Waals surface area contributed by atoms with E-state index in [1.54, 1.807) is 0 Å². The number of carbonyl (C=O) groups excluding carboxylic acids is 2. The molecule has 8 nitrogen and oxygen atoms in total. The fourth-order valence-electron chi connectivity index (χ4n) is 4.79. The molecule has 0 rings (SSSR count). The summed E-state index contributed by atoms with van der Waals surface area (Å²) < 4.78 is 26.3. The predicted octanol–water partition coefficient (Wildman–Crippen LogP) is 11.7. The highest BCUT2D eigenvalue weighted by atomic mass is 31.2. The van der Waals surface area contributed by atoms with Crippen molar-refractivity contribution in [2.45, 2.75) is 155 Å². The first-order valence-corrected chi connectivity index (χ1v) is 20.9. The van der Waals surface area contributed by atoms with Gasteiger partial charge in [0, 0.05) is 12.8 Å². The van der Waals surface area contributed by atoms with E-state index < -0.39 is 32.5 Å². The molecule has 0 saturated heterocycles. The summed E-state index contributed by atoms with van der Waals surface area (Å²) in [6.45, 7) is 3.47. The summed E-state index contributed by atoms with van der Waals surface area (Å²) in [6.07, 6.45) is 48.8. The monoisotopic (exact) mass is 732 g/mol. The summed E-state index contributed by atoms with van der Waals surface area (Å²) in [5, 5.41) is 0. The van der Waals surface area contributed by atoms with Gasteiger partial charge in [-0.3, -0.25) is 14.1 Å². The zero-order valence-corrected chi connectivity index (χ0v) is 32.6. The SMILES string of the molecule is CC/C=C\C/C=C\C/C=C\C/C=C\C/C=C\CCCC(=O)OC(COC(=O)CCCCCCC/C=C\C/C=C\CCCCCC)COP(=O)(O)O. The Labute approximate surface area is 310 Å². The Kier molecular flexibility index (Phi) is 35.0. The molecule has 51 heavy (non-hydrogen) atoms. The highest BCUT2D eigenvalue weighted by molar-refractivity contribution is 7.46. The van der Waals surface area contributed by atoms with E-state index in [4.69, 9.17) is 19.3 Å². The number of allylic oxidation sites excluding steroid dienone is 14. The number of hydrogen-bond acceptors (Lipinski definition) is 6. The minimum Gasteiger partial charge on any atom is -0.462 e. The van der Waals surface area contributed by atoms with Crippen molar-refractivity contribution in [3.8, 4) is 0 Å². The maximum atomic E-state index is 12.4. The Bertz CT molecular complexity index is 1100. The van der Waals surface area contributed by atoms with E-state index >= 15 is 0 Å². The summed E-state index contributed by atoms with van der Waals surface area (Å²) in [4.78, 5) is 42.7. The third kappa shape index (κ3) is 39.9. The Hall–Kier alpha value is -2.77. The van der Waals surface area contributed by atoms with Crippen molar-refractivity contribution < 1.29 is 37.9 Å². The summed E-state index contributed by atoms with van der Waals surface area (Å²) in [5.74, 6) is -0.978. The molecule has 0 aliphatic carbocycles. The van der Waals surface area contributed by atoms with E-state index in [0.717, 1.165) is 70.6 Å². The predicted molar refractivity (Wildman–Crippen MR) is 211 cm³/mol. The molecule has 0 aliphatic rings. The van der Waals surface area contributed by atoms with E-state index in [-0.39, 0.29) is 19.4 Å². The van der Waals surface area contributed by atoms with Crippen LogP contribution in [0.4, 0.5) is 0 Å². The number of hydrogen-bond donors (Lipinski definition) is 2. The lowest BCUT2D eigenvalue weighted by molar-refractivity contribution is -0.161. The van der Waals surface area contributed by atoms with Crippen LogP contribution in [-0.2, 0) is 28.2 Å². The molecular weight excluding hydrogens is 663 g/mol. The van der Waals surface area contributed by atoms with Gasteiger partial charge in [-0.2, -0.15) is 0 Å². The van der Waals surface area contributed by atoms with Crippen molar-refractivity contribution in [1.29, 1.82) is 0 Å². The minimum absolute atomic E-state index is 0.126. The molecular formula is C42H69O8P. The van der Waals surface area contributed by atoms with E-state index in [1.807, 2.05) is 12.2 Å². The van der Waals surface area contributed by atoms with Gasteiger partial charge in [0.15, 0.2) is 6.10 Å². The number of phosphoric acid groups is 1. The normalized spacial score (nSPS) is 13.4. The quantitative estimate of drug-likeness (QED) is 0.0290.